The summed E-state index contributed by atoms with van der Waals surface area (Å²) in [5.41, 5.74) is 2.53. The van der Waals surface area contributed by atoms with E-state index < -0.39 is 0 Å². The van der Waals surface area contributed by atoms with Gasteiger partial charge in [-0.05, 0) is 63.6 Å². The van der Waals surface area contributed by atoms with Crippen molar-refractivity contribution in [1.29, 1.82) is 0 Å². The van der Waals surface area contributed by atoms with Crippen molar-refractivity contribution in [2.24, 2.45) is 5.92 Å². The van der Waals surface area contributed by atoms with Crippen LogP contribution in [-0.4, -0.2) is 28.6 Å². The number of hydrogen-bond acceptors (Lipinski definition) is 4. The maximum Gasteiger partial charge on any atom is 0.254 e. The van der Waals surface area contributed by atoms with E-state index in [2.05, 4.69) is 10.1 Å². The molecule has 2 aromatic rings. The lowest BCUT2D eigenvalue weighted by Gasteiger charge is -2.44. The summed E-state index contributed by atoms with van der Waals surface area (Å²) >= 11 is 0. The van der Waals surface area contributed by atoms with Crippen molar-refractivity contribution < 1.29 is 14.1 Å². The summed E-state index contributed by atoms with van der Waals surface area (Å²) in [4.78, 5) is 15.3. The fourth-order valence-corrected chi connectivity index (χ4v) is 4.63. The summed E-state index contributed by atoms with van der Waals surface area (Å²) in [5, 5.41) is 3.96. The molecule has 1 aliphatic heterocycles. The molecular weight excluding hydrogens is 340 g/mol. The molecular formula is C22H28N2O3. The molecule has 2 aliphatic rings. The molecule has 1 amide bonds. The normalized spacial score (nSPS) is 22.4. The molecule has 5 heteroatoms. The van der Waals surface area contributed by atoms with E-state index >= 15 is 0 Å². The Morgan fingerprint density at radius 1 is 1.22 bits per heavy atom. The monoisotopic (exact) mass is 368 g/mol. The SMILES string of the molecule is Cc1noc(C)c1COc1cccc(C(=O)N2CCC[C@@H]3CCCC[C@@H]32)c1. The Kier molecular flexibility index (Phi) is 5.19. The van der Waals surface area contributed by atoms with Gasteiger partial charge >= 0.3 is 0 Å². The summed E-state index contributed by atoms with van der Waals surface area (Å²) in [6.07, 6.45) is 7.37. The second-order valence-electron chi connectivity index (χ2n) is 7.87. The number of piperidine rings is 1. The number of fused-ring (bicyclic) bond motifs is 1. The Labute approximate surface area is 160 Å². The highest BCUT2D eigenvalue weighted by Crippen LogP contribution is 2.36. The van der Waals surface area contributed by atoms with Gasteiger partial charge in [-0.15, -0.1) is 0 Å². The van der Waals surface area contributed by atoms with Crippen LogP contribution in [0.25, 0.3) is 0 Å². The van der Waals surface area contributed by atoms with Crippen molar-refractivity contribution in [2.75, 3.05) is 6.54 Å². The minimum atomic E-state index is 0.148. The standard InChI is InChI=1S/C22H28N2O3/c1-15-20(16(2)27-23-15)14-26-19-10-5-8-18(13-19)22(25)24-12-6-9-17-7-3-4-11-21(17)24/h5,8,10,13,17,21H,3-4,6-7,9,11-12,14H2,1-2H3/t17-,21-/m0/s1. The second-order valence-corrected chi connectivity index (χ2v) is 7.87. The lowest BCUT2D eigenvalue weighted by molar-refractivity contribution is 0.0390. The van der Waals surface area contributed by atoms with E-state index in [4.69, 9.17) is 9.26 Å². The number of rotatable bonds is 4. The van der Waals surface area contributed by atoms with Gasteiger partial charge in [-0.3, -0.25) is 4.79 Å². The van der Waals surface area contributed by atoms with Crippen molar-refractivity contribution in [3.63, 3.8) is 0 Å². The molecule has 144 valence electrons. The highest BCUT2D eigenvalue weighted by molar-refractivity contribution is 5.95. The van der Waals surface area contributed by atoms with E-state index in [0.29, 0.717) is 24.3 Å². The van der Waals surface area contributed by atoms with E-state index in [1.807, 2.05) is 38.1 Å². The molecule has 4 rings (SSSR count). The van der Waals surface area contributed by atoms with Crippen LogP contribution in [0.4, 0.5) is 0 Å². The third kappa shape index (κ3) is 3.73. The van der Waals surface area contributed by atoms with E-state index in [0.717, 1.165) is 42.0 Å². The Bertz CT molecular complexity index is 792. The molecule has 2 fully saturated rings. The molecule has 1 saturated carbocycles. The van der Waals surface area contributed by atoms with Gasteiger partial charge in [0.05, 0.1) is 11.3 Å². The van der Waals surface area contributed by atoms with E-state index in [9.17, 15) is 4.79 Å². The molecule has 5 nitrogen and oxygen atoms in total. The number of amides is 1. The molecule has 2 atom stereocenters. The summed E-state index contributed by atoms with van der Waals surface area (Å²) in [6.45, 7) is 5.07. The topological polar surface area (TPSA) is 55.6 Å². The molecule has 1 aromatic carbocycles. The highest BCUT2D eigenvalue weighted by atomic mass is 16.5. The third-order valence-corrected chi connectivity index (χ3v) is 6.15. The van der Waals surface area contributed by atoms with Gasteiger partial charge in [0.15, 0.2) is 0 Å². The maximum absolute atomic E-state index is 13.2. The molecule has 0 N–H and O–H groups in total. The van der Waals surface area contributed by atoms with Gasteiger partial charge in [0.2, 0.25) is 0 Å². The van der Waals surface area contributed by atoms with Crippen molar-refractivity contribution >= 4 is 5.91 Å². The van der Waals surface area contributed by atoms with E-state index in [1.165, 1.54) is 25.7 Å². The van der Waals surface area contributed by atoms with Crippen LogP contribution in [0, 0.1) is 19.8 Å². The van der Waals surface area contributed by atoms with Crippen LogP contribution in [0.2, 0.25) is 0 Å². The number of ether oxygens (including phenoxy) is 1. The minimum Gasteiger partial charge on any atom is -0.489 e. The van der Waals surface area contributed by atoms with Crippen LogP contribution >= 0.6 is 0 Å². The van der Waals surface area contributed by atoms with Crippen LogP contribution < -0.4 is 4.74 Å². The number of aromatic nitrogens is 1. The third-order valence-electron chi connectivity index (χ3n) is 6.15. The van der Waals surface area contributed by atoms with Crippen molar-refractivity contribution in [3.05, 3.63) is 46.8 Å². The number of hydrogen-bond donors (Lipinski definition) is 0. The van der Waals surface area contributed by atoms with Crippen LogP contribution in [0.1, 0.15) is 65.9 Å². The largest absolute Gasteiger partial charge is 0.489 e. The van der Waals surface area contributed by atoms with Gasteiger partial charge in [0, 0.05) is 18.2 Å². The molecule has 1 saturated heterocycles. The molecule has 0 spiro atoms. The van der Waals surface area contributed by atoms with E-state index in [1.54, 1.807) is 0 Å². The number of carbonyl (C=O) groups excluding carboxylic acids is 1. The van der Waals surface area contributed by atoms with Gasteiger partial charge in [-0.25, -0.2) is 0 Å². The molecule has 0 unspecified atom stereocenters. The van der Waals surface area contributed by atoms with Crippen LogP contribution in [0.3, 0.4) is 0 Å². The maximum atomic E-state index is 13.2. The number of benzene rings is 1. The summed E-state index contributed by atoms with van der Waals surface area (Å²) in [6, 6.07) is 7.99. The van der Waals surface area contributed by atoms with Gasteiger partial charge < -0.3 is 14.2 Å². The van der Waals surface area contributed by atoms with Gasteiger partial charge in [0.1, 0.15) is 18.1 Å². The second kappa shape index (κ2) is 7.75. The fraction of sp³-hybridized carbons (Fsp3) is 0.545. The lowest BCUT2D eigenvalue weighted by Crippen LogP contribution is -2.49. The zero-order valence-corrected chi connectivity index (χ0v) is 16.2. The van der Waals surface area contributed by atoms with Crippen molar-refractivity contribution in [1.82, 2.24) is 10.1 Å². The zero-order valence-electron chi connectivity index (χ0n) is 16.2. The Balaban J connectivity index is 1.47. The highest BCUT2D eigenvalue weighted by Gasteiger charge is 2.36. The molecule has 2 heterocycles. The van der Waals surface area contributed by atoms with E-state index in [-0.39, 0.29) is 5.91 Å². The molecule has 1 aromatic heterocycles. The van der Waals surface area contributed by atoms with Crippen molar-refractivity contribution in [2.45, 2.75) is 65.0 Å². The number of nitrogens with zero attached hydrogens (tertiary/aromatic N) is 2. The van der Waals surface area contributed by atoms with Gasteiger partial charge in [-0.2, -0.15) is 0 Å². The summed E-state index contributed by atoms with van der Waals surface area (Å²) < 4.78 is 11.1. The zero-order chi connectivity index (χ0) is 18.8. The Morgan fingerprint density at radius 3 is 2.85 bits per heavy atom. The average molecular weight is 368 g/mol. The van der Waals surface area contributed by atoms with Crippen LogP contribution in [-0.2, 0) is 6.61 Å². The fourth-order valence-electron chi connectivity index (χ4n) is 4.63. The first-order valence-corrected chi connectivity index (χ1v) is 10.1. The first kappa shape index (κ1) is 18.1. The van der Waals surface area contributed by atoms with Crippen molar-refractivity contribution in [3.8, 4) is 5.75 Å². The summed E-state index contributed by atoms with van der Waals surface area (Å²) in [5.74, 6) is 2.32. The number of aryl methyl sites for hydroxylation is 2. The summed E-state index contributed by atoms with van der Waals surface area (Å²) in [7, 11) is 0. The van der Waals surface area contributed by atoms with Gasteiger partial charge in [0.25, 0.3) is 5.91 Å². The predicted molar refractivity (Wildman–Crippen MR) is 103 cm³/mol. The Morgan fingerprint density at radius 2 is 2.04 bits per heavy atom. The molecule has 0 bridgehead atoms. The first-order valence-electron chi connectivity index (χ1n) is 10.1. The average Bonchev–Trinajstić information content (AvgIpc) is 3.03. The van der Waals surface area contributed by atoms with Crippen LogP contribution in [0.5, 0.6) is 5.75 Å². The number of carbonyl (C=O) groups is 1. The van der Waals surface area contributed by atoms with Crippen LogP contribution in [0.15, 0.2) is 28.8 Å². The lowest BCUT2D eigenvalue weighted by atomic mass is 9.78. The molecule has 0 radical (unpaired) electrons. The minimum absolute atomic E-state index is 0.148. The Hall–Kier alpha value is -2.30. The smallest absolute Gasteiger partial charge is 0.254 e. The quantitative estimate of drug-likeness (QED) is 0.787. The van der Waals surface area contributed by atoms with Gasteiger partial charge in [-0.1, -0.05) is 24.1 Å². The number of likely N-dealkylation sites (tertiary alicyclic amines) is 1. The molecule has 27 heavy (non-hydrogen) atoms. The predicted octanol–water partition coefficient (Wildman–Crippen LogP) is 4.67. The molecule has 1 aliphatic carbocycles. The first-order chi connectivity index (χ1) is 13.1.